The summed E-state index contributed by atoms with van der Waals surface area (Å²) in [4.78, 5) is 10.2. The summed E-state index contributed by atoms with van der Waals surface area (Å²) in [6.07, 6.45) is 1.19. The second kappa shape index (κ2) is 3.12. The molecule has 58 valence electrons. The van der Waals surface area contributed by atoms with E-state index in [2.05, 4.69) is 0 Å². The van der Waals surface area contributed by atoms with E-state index < -0.39 is 6.29 Å². The maximum absolute atomic E-state index is 10.2. The third kappa shape index (κ3) is 1.78. The van der Waals surface area contributed by atoms with Gasteiger partial charge in [0.15, 0.2) is 6.29 Å². The van der Waals surface area contributed by atoms with Crippen molar-refractivity contribution < 1.29 is 14.3 Å². The molecular weight excluding hydrogens is 132 g/mol. The van der Waals surface area contributed by atoms with Crippen molar-refractivity contribution in [1.29, 1.82) is 0 Å². The zero-order valence-corrected chi connectivity index (χ0v) is 6.24. The first-order valence-corrected chi connectivity index (χ1v) is 3.48. The third-order valence-corrected chi connectivity index (χ3v) is 1.51. The summed E-state index contributed by atoms with van der Waals surface area (Å²) in [5, 5.41) is 0. The van der Waals surface area contributed by atoms with Crippen LogP contribution in [-0.2, 0) is 14.3 Å². The first kappa shape index (κ1) is 7.69. The second-order valence-corrected chi connectivity index (χ2v) is 2.63. The lowest BCUT2D eigenvalue weighted by Crippen LogP contribution is -2.36. The molecule has 0 N–H and O–H groups in total. The molecule has 0 spiro atoms. The number of aldehydes is 1. The van der Waals surface area contributed by atoms with Gasteiger partial charge in [-0.1, -0.05) is 0 Å². The van der Waals surface area contributed by atoms with Crippen LogP contribution in [0.2, 0.25) is 0 Å². The van der Waals surface area contributed by atoms with Crippen LogP contribution in [-0.4, -0.2) is 24.8 Å². The Labute approximate surface area is 60.3 Å². The quantitative estimate of drug-likeness (QED) is 0.509. The van der Waals surface area contributed by atoms with Crippen LogP contribution < -0.4 is 0 Å². The van der Waals surface area contributed by atoms with Gasteiger partial charge < -0.3 is 9.47 Å². The van der Waals surface area contributed by atoms with Gasteiger partial charge in [0.25, 0.3) is 0 Å². The summed E-state index contributed by atoms with van der Waals surface area (Å²) in [6, 6.07) is 0. The maximum Gasteiger partial charge on any atom is 0.215 e. The number of hydrogen-bond acceptors (Lipinski definition) is 3. The number of carbonyl (C=O) groups excluding carboxylic acids is 1. The molecule has 1 rings (SSSR count). The van der Waals surface area contributed by atoms with E-state index in [0.717, 1.165) is 6.42 Å². The van der Waals surface area contributed by atoms with E-state index in [1.165, 1.54) is 0 Å². The number of carbonyl (C=O) groups is 1. The molecule has 0 saturated carbocycles. The van der Waals surface area contributed by atoms with E-state index in [9.17, 15) is 4.79 Å². The van der Waals surface area contributed by atoms with Gasteiger partial charge in [0.1, 0.15) is 0 Å². The predicted octanol–water partition coefficient (Wildman–Crippen LogP) is 0.725. The Hall–Kier alpha value is -0.410. The highest BCUT2D eigenvalue weighted by molar-refractivity contribution is 5.54. The van der Waals surface area contributed by atoms with Crippen LogP contribution >= 0.6 is 0 Å². The lowest BCUT2D eigenvalue weighted by Gasteiger charge is -2.29. The van der Waals surface area contributed by atoms with Crippen molar-refractivity contribution in [2.24, 2.45) is 0 Å². The molecule has 2 unspecified atom stereocenters. The van der Waals surface area contributed by atoms with Crippen molar-refractivity contribution in [3.63, 3.8) is 0 Å². The summed E-state index contributed by atoms with van der Waals surface area (Å²) in [7, 11) is 0. The van der Waals surface area contributed by atoms with E-state index in [1.54, 1.807) is 0 Å². The smallest absolute Gasteiger partial charge is 0.215 e. The first-order chi connectivity index (χ1) is 4.72. The Kier molecular flexibility index (Phi) is 2.40. The lowest BCUT2D eigenvalue weighted by molar-refractivity contribution is -0.220. The van der Waals surface area contributed by atoms with Crippen molar-refractivity contribution in [2.45, 2.75) is 38.8 Å². The highest BCUT2D eigenvalue weighted by Gasteiger charge is 2.23. The highest BCUT2D eigenvalue weighted by atomic mass is 16.7. The summed E-state index contributed by atoms with van der Waals surface area (Å²) >= 11 is 0. The molecule has 0 amide bonds. The van der Waals surface area contributed by atoms with Crippen LogP contribution in [0, 0.1) is 0 Å². The largest absolute Gasteiger partial charge is 0.343 e. The molecule has 0 aromatic heterocycles. The fourth-order valence-electron chi connectivity index (χ4n) is 1.13. The second-order valence-electron chi connectivity index (χ2n) is 2.63. The molecule has 1 heterocycles. The van der Waals surface area contributed by atoms with Crippen molar-refractivity contribution in [3.05, 3.63) is 0 Å². The van der Waals surface area contributed by atoms with Crippen LogP contribution in [0.15, 0.2) is 0 Å². The molecule has 1 fully saturated rings. The van der Waals surface area contributed by atoms with E-state index in [0.29, 0.717) is 6.29 Å². The van der Waals surface area contributed by atoms with Gasteiger partial charge in [-0.05, 0) is 20.3 Å². The average Bonchev–Trinajstić information content (AvgIpc) is 1.85. The van der Waals surface area contributed by atoms with Crippen molar-refractivity contribution in [2.75, 3.05) is 0 Å². The third-order valence-electron chi connectivity index (χ3n) is 1.51. The van der Waals surface area contributed by atoms with E-state index in [-0.39, 0.29) is 12.2 Å². The molecule has 1 aliphatic rings. The fraction of sp³-hybridized carbons (Fsp3) is 0.857. The van der Waals surface area contributed by atoms with Crippen molar-refractivity contribution in [1.82, 2.24) is 0 Å². The molecule has 0 aromatic rings. The van der Waals surface area contributed by atoms with Gasteiger partial charge in [-0.3, -0.25) is 4.79 Å². The van der Waals surface area contributed by atoms with Gasteiger partial charge in [-0.15, -0.1) is 0 Å². The van der Waals surface area contributed by atoms with Crippen LogP contribution in [0.3, 0.4) is 0 Å². The SMILES string of the molecule is CC1CC(C)OC(C=O)O1. The monoisotopic (exact) mass is 144 g/mol. The summed E-state index contributed by atoms with van der Waals surface area (Å²) in [6.45, 7) is 3.88. The van der Waals surface area contributed by atoms with E-state index in [1.807, 2.05) is 13.8 Å². The molecule has 1 saturated heterocycles. The Balaban J connectivity index is 2.42. The van der Waals surface area contributed by atoms with Crippen molar-refractivity contribution in [3.8, 4) is 0 Å². The fourth-order valence-corrected chi connectivity index (χ4v) is 1.13. The van der Waals surface area contributed by atoms with Gasteiger partial charge in [0.2, 0.25) is 6.29 Å². The van der Waals surface area contributed by atoms with Crippen LogP contribution in [0.5, 0.6) is 0 Å². The summed E-state index contributed by atoms with van der Waals surface area (Å²) in [5.41, 5.74) is 0. The minimum atomic E-state index is -0.640. The zero-order valence-electron chi connectivity index (χ0n) is 6.24. The summed E-state index contributed by atoms with van der Waals surface area (Å²) in [5.74, 6) is 0. The van der Waals surface area contributed by atoms with E-state index in [4.69, 9.17) is 9.47 Å². The normalized spacial score (nSPS) is 41.2. The summed E-state index contributed by atoms with van der Waals surface area (Å²) < 4.78 is 10.2. The number of hydrogen-bond donors (Lipinski definition) is 0. The van der Waals surface area contributed by atoms with Gasteiger partial charge in [0.05, 0.1) is 12.2 Å². The first-order valence-electron chi connectivity index (χ1n) is 3.48. The lowest BCUT2D eigenvalue weighted by atomic mass is 10.2. The zero-order chi connectivity index (χ0) is 7.56. The minimum Gasteiger partial charge on any atom is -0.343 e. The Morgan fingerprint density at radius 2 is 1.80 bits per heavy atom. The predicted molar refractivity (Wildman–Crippen MR) is 35.6 cm³/mol. The van der Waals surface area contributed by atoms with Crippen molar-refractivity contribution >= 4 is 6.29 Å². The molecule has 3 nitrogen and oxygen atoms in total. The molecule has 0 aromatic carbocycles. The standard InChI is InChI=1S/C7H12O3/c1-5-3-6(2)10-7(4-8)9-5/h4-7H,3H2,1-2H3. The topological polar surface area (TPSA) is 35.5 Å². The molecule has 10 heavy (non-hydrogen) atoms. The maximum atomic E-state index is 10.2. The molecule has 1 aliphatic heterocycles. The minimum absolute atomic E-state index is 0.138. The molecule has 0 bridgehead atoms. The van der Waals surface area contributed by atoms with Gasteiger partial charge in [0, 0.05) is 0 Å². The molecular formula is C7H12O3. The van der Waals surface area contributed by atoms with Crippen LogP contribution in [0.4, 0.5) is 0 Å². The molecule has 0 aliphatic carbocycles. The number of rotatable bonds is 1. The Morgan fingerprint density at radius 3 is 2.20 bits per heavy atom. The van der Waals surface area contributed by atoms with Gasteiger partial charge >= 0.3 is 0 Å². The van der Waals surface area contributed by atoms with Gasteiger partial charge in [-0.25, -0.2) is 0 Å². The van der Waals surface area contributed by atoms with Crippen LogP contribution in [0.1, 0.15) is 20.3 Å². The average molecular weight is 144 g/mol. The highest BCUT2D eigenvalue weighted by Crippen LogP contribution is 2.15. The van der Waals surface area contributed by atoms with Gasteiger partial charge in [-0.2, -0.15) is 0 Å². The Morgan fingerprint density at radius 1 is 1.30 bits per heavy atom. The molecule has 0 radical (unpaired) electrons. The Bertz CT molecular complexity index is 114. The molecule has 2 atom stereocenters. The molecule has 3 heteroatoms. The van der Waals surface area contributed by atoms with E-state index >= 15 is 0 Å². The number of ether oxygens (including phenoxy) is 2. The van der Waals surface area contributed by atoms with Crippen LogP contribution in [0.25, 0.3) is 0 Å².